The van der Waals surface area contributed by atoms with Gasteiger partial charge in [-0.25, -0.2) is 4.79 Å². The zero-order valence-electron chi connectivity index (χ0n) is 10.0. The van der Waals surface area contributed by atoms with E-state index in [2.05, 4.69) is 4.74 Å². The molecule has 0 spiro atoms. The van der Waals surface area contributed by atoms with E-state index < -0.39 is 18.2 Å². The fourth-order valence-corrected chi connectivity index (χ4v) is 1.45. The van der Waals surface area contributed by atoms with Crippen molar-refractivity contribution in [1.29, 1.82) is 0 Å². The number of esters is 1. The summed E-state index contributed by atoms with van der Waals surface area (Å²) in [4.78, 5) is 11.1. The Kier molecular flexibility index (Phi) is 4.48. The molecular formula is C12H16O5. The number of methoxy groups -OCH3 is 2. The van der Waals surface area contributed by atoms with E-state index in [0.717, 1.165) is 12.7 Å². The van der Waals surface area contributed by atoms with Crippen LogP contribution in [0.2, 0.25) is 0 Å². The Balaban J connectivity index is 2.96. The smallest absolute Gasteiger partial charge is 0.337 e. The summed E-state index contributed by atoms with van der Waals surface area (Å²) in [5, 5.41) is 19.3. The zero-order chi connectivity index (χ0) is 13.0. The first kappa shape index (κ1) is 13.5. The quantitative estimate of drug-likeness (QED) is 0.752. The van der Waals surface area contributed by atoms with Crippen molar-refractivity contribution in [2.24, 2.45) is 0 Å². The van der Waals surface area contributed by atoms with Crippen LogP contribution in [-0.4, -0.2) is 36.5 Å². The topological polar surface area (TPSA) is 76.0 Å². The number of rotatable bonds is 4. The molecule has 0 saturated carbocycles. The molecule has 0 heterocycles. The standard InChI is InChI=1S/C12H16O5/c1-7-4-5-8(6-9(7)16-2)10(13)11(14)12(15)17-3/h4-6,10-11,13-14H,1-3H3. The van der Waals surface area contributed by atoms with Gasteiger partial charge in [-0.05, 0) is 24.1 Å². The number of hydrogen-bond acceptors (Lipinski definition) is 5. The molecule has 5 nitrogen and oxygen atoms in total. The largest absolute Gasteiger partial charge is 0.496 e. The molecule has 1 rings (SSSR count). The summed E-state index contributed by atoms with van der Waals surface area (Å²) in [6.07, 6.45) is -2.94. The maximum atomic E-state index is 11.1. The van der Waals surface area contributed by atoms with Crippen LogP contribution in [-0.2, 0) is 9.53 Å². The highest BCUT2D eigenvalue weighted by molar-refractivity contribution is 5.75. The fourth-order valence-electron chi connectivity index (χ4n) is 1.45. The molecule has 0 radical (unpaired) electrons. The molecule has 17 heavy (non-hydrogen) atoms. The summed E-state index contributed by atoms with van der Waals surface area (Å²) in [6.45, 7) is 1.85. The zero-order valence-corrected chi connectivity index (χ0v) is 10.0. The van der Waals surface area contributed by atoms with Crippen LogP contribution in [0.25, 0.3) is 0 Å². The molecule has 2 atom stereocenters. The lowest BCUT2D eigenvalue weighted by molar-refractivity contribution is -0.156. The molecule has 0 aliphatic heterocycles. The van der Waals surface area contributed by atoms with Crippen molar-refractivity contribution in [1.82, 2.24) is 0 Å². The minimum Gasteiger partial charge on any atom is -0.496 e. The van der Waals surface area contributed by atoms with Gasteiger partial charge in [0.05, 0.1) is 14.2 Å². The van der Waals surface area contributed by atoms with Gasteiger partial charge in [0.2, 0.25) is 0 Å². The number of ether oxygens (including phenoxy) is 2. The fraction of sp³-hybridized carbons (Fsp3) is 0.417. The van der Waals surface area contributed by atoms with Crippen LogP contribution < -0.4 is 4.74 Å². The Bertz CT molecular complexity index is 402. The van der Waals surface area contributed by atoms with E-state index in [9.17, 15) is 15.0 Å². The van der Waals surface area contributed by atoms with Crippen LogP contribution in [0.15, 0.2) is 18.2 Å². The predicted molar refractivity (Wildman–Crippen MR) is 60.7 cm³/mol. The second-order valence-corrected chi connectivity index (χ2v) is 3.64. The molecule has 0 aliphatic rings. The van der Waals surface area contributed by atoms with Crippen LogP contribution >= 0.6 is 0 Å². The van der Waals surface area contributed by atoms with Gasteiger partial charge in [0.1, 0.15) is 11.9 Å². The Labute approximate surface area is 99.6 Å². The Morgan fingerprint density at radius 1 is 1.29 bits per heavy atom. The third-order valence-corrected chi connectivity index (χ3v) is 2.52. The predicted octanol–water partition coefficient (Wildman–Crippen LogP) is 0.571. The summed E-state index contributed by atoms with van der Waals surface area (Å²) in [5.74, 6) is -0.296. The molecule has 2 unspecified atom stereocenters. The van der Waals surface area contributed by atoms with Crippen LogP contribution in [0.1, 0.15) is 17.2 Å². The summed E-state index contributed by atoms with van der Waals surface area (Å²) in [7, 11) is 2.66. The van der Waals surface area contributed by atoms with Crippen LogP contribution in [0.5, 0.6) is 5.75 Å². The van der Waals surface area contributed by atoms with E-state index in [1.807, 2.05) is 6.92 Å². The van der Waals surface area contributed by atoms with Crippen molar-refractivity contribution in [3.05, 3.63) is 29.3 Å². The molecule has 0 aromatic heterocycles. The van der Waals surface area contributed by atoms with Crippen molar-refractivity contribution in [3.63, 3.8) is 0 Å². The number of aliphatic hydroxyl groups is 2. The molecule has 0 bridgehead atoms. The first-order chi connectivity index (χ1) is 8.01. The van der Waals surface area contributed by atoms with Gasteiger partial charge in [0, 0.05) is 0 Å². The molecule has 0 aliphatic carbocycles. The average molecular weight is 240 g/mol. The third-order valence-electron chi connectivity index (χ3n) is 2.52. The maximum absolute atomic E-state index is 11.1. The summed E-state index contributed by atoms with van der Waals surface area (Å²) in [5.41, 5.74) is 1.29. The van der Waals surface area contributed by atoms with E-state index in [-0.39, 0.29) is 0 Å². The SMILES string of the molecule is COC(=O)C(O)C(O)c1ccc(C)c(OC)c1. The van der Waals surface area contributed by atoms with Gasteiger partial charge in [0.25, 0.3) is 0 Å². The third kappa shape index (κ3) is 2.95. The van der Waals surface area contributed by atoms with Crippen molar-refractivity contribution >= 4 is 5.97 Å². The highest BCUT2D eigenvalue weighted by Gasteiger charge is 2.26. The molecule has 0 amide bonds. The molecule has 5 heteroatoms. The number of hydrogen-bond donors (Lipinski definition) is 2. The Morgan fingerprint density at radius 2 is 1.94 bits per heavy atom. The summed E-state index contributed by atoms with van der Waals surface area (Å²) >= 11 is 0. The molecule has 2 N–H and O–H groups in total. The van der Waals surface area contributed by atoms with Gasteiger partial charge in [-0.2, -0.15) is 0 Å². The van der Waals surface area contributed by atoms with Crippen molar-refractivity contribution in [2.75, 3.05) is 14.2 Å². The van der Waals surface area contributed by atoms with E-state index in [1.54, 1.807) is 18.2 Å². The highest BCUT2D eigenvalue weighted by Crippen LogP contribution is 2.25. The molecule has 0 fully saturated rings. The normalized spacial score (nSPS) is 13.9. The van der Waals surface area contributed by atoms with E-state index >= 15 is 0 Å². The average Bonchev–Trinajstić information content (AvgIpc) is 2.36. The first-order valence-corrected chi connectivity index (χ1v) is 5.09. The van der Waals surface area contributed by atoms with E-state index in [0.29, 0.717) is 11.3 Å². The number of aliphatic hydroxyl groups excluding tert-OH is 2. The van der Waals surface area contributed by atoms with Gasteiger partial charge in [-0.15, -0.1) is 0 Å². The number of carbonyl (C=O) groups is 1. The molecule has 0 saturated heterocycles. The minimum absolute atomic E-state index is 0.394. The maximum Gasteiger partial charge on any atom is 0.337 e. The summed E-state index contributed by atoms with van der Waals surface area (Å²) < 4.78 is 9.45. The second-order valence-electron chi connectivity index (χ2n) is 3.64. The number of aryl methyl sites for hydroxylation is 1. The van der Waals surface area contributed by atoms with Crippen LogP contribution in [0.3, 0.4) is 0 Å². The van der Waals surface area contributed by atoms with Gasteiger partial charge < -0.3 is 19.7 Å². The van der Waals surface area contributed by atoms with Crippen LogP contribution in [0, 0.1) is 6.92 Å². The second kappa shape index (κ2) is 5.65. The van der Waals surface area contributed by atoms with Gasteiger partial charge in [0.15, 0.2) is 6.10 Å². The van der Waals surface area contributed by atoms with E-state index in [4.69, 9.17) is 4.74 Å². The lowest BCUT2D eigenvalue weighted by atomic mass is 10.0. The Hall–Kier alpha value is -1.59. The molecule has 1 aromatic rings. The van der Waals surface area contributed by atoms with Crippen LogP contribution in [0.4, 0.5) is 0 Å². The minimum atomic E-state index is -1.60. The van der Waals surface area contributed by atoms with Gasteiger partial charge in [-0.1, -0.05) is 12.1 Å². The van der Waals surface area contributed by atoms with Gasteiger partial charge >= 0.3 is 5.97 Å². The lowest BCUT2D eigenvalue weighted by Crippen LogP contribution is -2.29. The first-order valence-electron chi connectivity index (χ1n) is 5.09. The van der Waals surface area contributed by atoms with E-state index in [1.165, 1.54) is 7.11 Å². The lowest BCUT2D eigenvalue weighted by Gasteiger charge is -2.17. The number of carbonyl (C=O) groups excluding carboxylic acids is 1. The summed E-state index contributed by atoms with van der Waals surface area (Å²) in [6, 6.07) is 4.93. The van der Waals surface area contributed by atoms with Gasteiger partial charge in [-0.3, -0.25) is 0 Å². The Morgan fingerprint density at radius 3 is 2.47 bits per heavy atom. The highest BCUT2D eigenvalue weighted by atomic mass is 16.5. The molecule has 1 aromatic carbocycles. The van der Waals surface area contributed by atoms with Crippen molar-refractivity contribution in [3.8, 4) is 5.75 Å². The molecular weight excluding hydrogens is 224 g/mol. The number of benzene rings is 1. The van der Waals surface area contributed by atoms with Crippen molar-refractivity contribution < 1.29 is 24.5 Å². The monoisotopic (exact) mass is 240 g/mol. The molecule has 94 valence electrons. The van der Waals surface area contributed by atoms with Crippen molar-refractivity contribution in [2.45, 2.75) is 19.1 Å².